The number of phenols is 1. The molecule has 2 heterocycles. The molecule has 2 saturated heterocycles. The Hall–Kier alpha value is -1.06. The predicted molar refractivity (Wildman–Crippen MR) is 56.5 cm³/mol. The Morgan fingerprint density at radius 1 is 1.40 bits per heavy atom. The number of fused-ring (bicyclic) bond motifs is 2. The van der Waals surface area contributed by atoms with Crippen molar-refractivity contribution in [2.45, 2.75) is 37.0 Å². The van der Waals surface area contributed by atoms with Gasteiger partial charge in [0.25, 0.3) is 0 Å². The Bertz CT molecular complexity index is 393. The van der Waals surface area contributed by atoms with E-state index in [1.165, 1.54) is 0 Å². The number of aromatic hydroxyl groups is 1. The number of benzene rings is 1. The summed E-state index contributed by atoms with van der Waals surface area (Å²) in [6, 6.07) is 7.24. The van der Waals surface area contributed by atoms with E-state index in [4.69, 9.17) is 10.5 Å². The highest BCUT2D eigenvalue weighted by molar-refractivity contribution is 5.35. The fraction of sp³-hybridized carbons (Fsp3) is 0.500. The molecule has 3 atom stereocenters. The van der Waals surface area contributed by atoms with Gasteiger partial charge in [0, 0.05) is 0 Å². The van der Waals surface area contributed by atoms with Gasteiger partial charge in [-0.05, 0) is 37.0 Å². The van der Waals surface area contributed by atoms with Crippen LogP contribution in [0, 0.1) is 0 Å². The molecule has 3 rings (SSSR count). The Balaban J connectivity index is 2.00. The molecule has 3 nitrogen and oxygen atoms in total. The third-order valence-corrected chi connectivity index (χ3v) is 3.63. The summed E-state index contributed by atoms with van der Waals surface area (Å²) in [4.78, 5) is 0. The predicted octanol–water partition coefficient (Wildman–Crippen LogP) is 1.50. The molecule has 2 fully saturated rings. The molecule has 2 aliphatic heterocycles. The van der Waals surface area contributed by atoms with Crippen LogP contribution >= 0.6 is 0 Å². The van der Waals surface area contributed by atoms with E-state index >= 15 is 0 Å². The van der Waals surface area contributed by atoms with Crippen LogP contribution in [0.15, 0.2) is 24.3 Å². The van der Waals surface area contributed by atoms with Crippen LogP contribution in [0.3, 0.4) is 0 Å². The smallest absolute Gasteiger partial charge is 0.115 e. The number of rotatable bonds is 1. The molecular formula is C12H15NO2. The molecule has 1 aromatic carbocycles. The summed E-state index contributed by atoms with van der Waals surface area (Å²) in [5.41, 5.74) is 7.01. The van der Waals surface area contributed by atoms with E-state index in [0.717, 1.165) is 24.8 Å². The van der Waals surface area contributed by atoms with Crippen molar-refractivity contribution in [2.24, 2.45) is 5.73 Å². The molecule has 0 aliphatic carbocycles. The van der Waals surface area contributed by atoms with Gasteiger partial charge in [0.1, 0.15) is 5.75 Å². The van der Waals surface area contributed by atoms with E-state index in [1.54, 1.807) is 12.1 Å². The van der Waals surface area contributed by atoms with E-state index in [0.29, 0.717) is 6.10 Å². The quantitative estimate of drug-likeness (QED) is 0.730. The zero-order chi connectivity index (χ0) is 10.5. The van der Waals surface area contributed by atoms with Crippen LogP contribution in [0.5, 0.6) is 5.75 Å². The van der Waals surface area contributed by atoms with Gasteiger partial charge in [0.2, 0.25) is 0 Å². The highest BCUT2D eigenvalue weighted by Crippen LogP contribution is 2.46. The fourth-order valence-corrected chi connectivity index (χ4v) is 2.84. The molecule has 3 unspecified atom stereocenters. The second kappa shape index (κ2) is 2.97. The molecule has 2 aliphatic rings. The van der Waals surface area contributed by atoms with Gasteiger partial charge in [-0.15, -0.1) is 0 Å². The SMILES string of the molecule is NC1(c2cccc(O)c2)CC2CCC1O2. The highest BCUT2D eigenvalue weighted by atomic mass is 16.5. The van der Waals surface area contributed by atoms with Crippen LogP contribution in [0.25, 0.3) is 0 Å². The maximum absolute atomic E-state index is 9.46. The third-order valence-electron chi connectivity index (χ3n) is 3.63. The summed E-state index contributed by atoms with van der Waals surface area (Å²) in [7, 11) is 0. The Kier molecular flexibility index (Phi) is 1.82. The molecule has 1 aromatic rings. The van der Waals surface area contributed by atoms with Crippen molar-refractivity contribution >= 4 is 0 Å². The second-order valence-corrected chi connectivity index (χ2v) is 4.62. The Labute approximate surface area is 88.9 Å². The number of phenolic OH excluding ortho intramolecular Hbond substituents is 1. The van der Waals surface area contributed by atoms with Gasteiger partial charge in [0.15, 0.2) is 0 Å². The van der Waals surface area contributed by atoms with E-state index in [-0.39, 0.29) is 17.4 Å². The van der Waals surface area contributed by atoms with Gasteiger partial charge in [-0.1, -0.05) is 12.1 Å². The Morgan fingerprint density at radius 2 is 2.27 bits per heavy atom. The molecule has 80 valence electrons. The highest BCUT2D eigenvalue weighted by Gasteiger charge is 2.50. The molecule has 0 aromatic heterocycles. The molecule has 0 amide bonds. The van der Waals surface area contributed by atoms with E-state index in [2.05, 4.69) is 0 Å². The zero-order valence-corrected chi connectivity index (χ0v) is 8.52. The lowest BCUT2D eigenvalue weighted by atomic mass is 9.77. The first kappa shape index (κ1) is 9.19. The lowest BCUT2D eigenvalue weighted by molar-refractivity contribution is 0.0853. The summed E-state index contributed by atoms with van der Waals surface area (Å²) in [6.45, 7) is 0. The zero-order valence-electron chi connectivity index (χ0n) is 8.52. The average Bonchev–Trinajstić information content (AvgIpc) is 2.78. The monoisotopic (exact) mass is 205 g/mol. The van der Waals surface area contributed by atoms with Gasteiger partial charge in [-0.3, -0.25) is 0 Å². The normalized spacial score (nSPS) is 38.5. The Morgan fingerprint density at radius 3 is 2.87 bits per heavy atom. The van der Waals surface area contributed by atoms with Gasteiger partial charge in [-0.2, -0.15) is 0 Å². The van der Waals surface area contributed by atoms with Crippen molar-refractivity contribution in [3.8, 4) is 5.75 Å². The molecule has 0 saturated carbocycles. The molecule has 3 heteroatoms. The van der Waals surface area contributed by atoms with Crippen LogP contribution in [-0.4, -0.2) is 17.3 Å². The van der Waals surface area contributed by atoms with Crippen LogP contribution in [-0.2, 0) is 10.3 Å². The van der Waals surface area contributed by atoms with Crippen LogP contribution in [0.4, 0.5) is 0 Å². The summed E-state index contributed by atoms with van der Waals surface area (Å²) >= 11 is 0. The number of hydrogen-bond donors (Lipinski definition) is 2. The maximum atomic E-state index is 9.46. The average molecular weight is 205 g/mol. The summed E-state index contributed by atoms with van der Waals surface area (Å²) in [5, 5.41) is 9.46. The first-order valence-electron chi connectivity index (χ1n) is 5.42. The van der Waals surface area contributed by atoms with E-state index < -0.39 is 0 Å². The number of nitrogens with two attached hydrogens (primary N) is 1. The molecule has 2 bridgehead atoms. The van der Waals surface area contributed by atoms with Crippen molar-refractivity contribution in [1.82, 2.24) is 0 Å². The van der Waals surface area contributed by atoms with Gasteiger partial charge < -0.3 is 15.6 Å². The van der Waals surface area contributed by atoms with Crippen molar-refractivity contribution in [3.63, 3.8) is 0 Å². The van der Waals surface area contributed by atoms with Crippen LogP contribution < -0.4 is 5.73 Å². The topological polar surface area (TPSA) is 55.5 Å². The minimum Gasteiger partial charge on any atom is -0.508 e. The molecular weight excluding hydrogens is 190 g/mol. The minimum absolute atomic E-state index is 0.129. The van der Waals surface area contributed by atoms with Crippen LogP contribution in [0.1, 0.15) is 24.8 Å². The molecule has 0 radical (unpaired) electrons. The standard InChI is InChI=1S/C12H15NO2/c13-12(7-10-4-5-11(12)15-10)8-2-1-3-9(14)6-8/h1-3,6,10-11,14H,4-5,7,13H2. The van der Waals surface area contributed by atoms with Crippen LogP contribution in [0.2, 0.25) is 0 Å². The van der Waals surface area contributed by atoms with Gasteiger partial charge >= 0.3 is 0 Å². The summed E-state index contributed by atoms with van der Waals surface area (Å²) < 4.78 is 5.78. The van der Waals surface area contributed by atoms with Crippen molar-refractivity contribution in [3.05, 3.63) is 29.8 Å². The second-order valence-electron chi connectivity index (χ2n) is 4.62. The minimum atomic E-state index is -0.387. The van der Waals surface area contributed by atoms with Crippen molar-refractivity contribution < 1.29 is 9.84 Å². The molecule has 3 N–H and O–H groups in total. The fourth-order valence-electron chi connectivity index (χ4n) is 2.84. The number of ether oxygens (including phenoxy) is 1. The van der Waals surface area contributed by atoms with E-state index in [9.17, 15) is 5.11 Å². The maximum Gasteiger partial charge on any atom is 0.115 e. The third kappa shape index (κ3) is 1.27. The van der Waals surface area contributed by atoms with Gasteiger partial charge in [-0.25, -0.2) is 0 Å². The van der Waals surface area contributed by atoms with E-state index in [1.807, 2.05) is 12.1 Å². The first-order valence-corrected chi connectivity index (χ1v) is 5.42. The molecule has 15 heavy (non-hydrogen) atoms. The molecule has 0 spiro atoms. The first-order chi connectivity index (χ1) is 7.18. The largest absolute Gasteiger partial charge is 0.508 e. The number of hydrogen-bond acceptors (Lipinski definition) is 3. The van der Waals surface area contributed by atoms with Crippen molar-refractivity contribution in [1.29, 1.82) is 0 Å². The summed E-state index contributed by atoms with van der Waals surface area (Å²) in [5.74, 6) is 0.278. The lowest BCUT2D eigenvalue weighted by Gasteiger charge is -2.31. The summed E-state index contributed by atoms with van der Waals surface area (Å²) in [6.07, 6.45) is 3.49. The van der Waals surface area contributed by atoms with Crippen molar-refractivity contribution in [2.75, 3.05) is 0 Å². The lowest BCUT2D eigenvalue weighted by Crippen LogP contribution is -2.45. The van der Waals surface area contributed by atoms with Gasteiger partial charge in [0.05, 0.1) is 17.7 Å².